The number of aliphatic imine (C=N–C) groups is 1. The lowest BCUT2D eigenvalue weighted by Gasteiger charge is -2.08. The van der Waals surface area contributed by atoms with Crippen molar-refractivity contribution < 1.29 is 17.9 Å². The van der Waals surface area contributed by atoms with Gasteiger partial charge in [0, 0.05) is 0 Å². The second-order valence-corrected chi connectivity index (χ2v) is 2.98. The molecule has 90 valence electrons. The number of alkyl halides is 3. The maximum Gasteiger partial charge on any atom is 0.573 e. The monoisotopic (exact) mass is 243 g/mol. The molecule has 0 bridgehead atoms. The van der Waals surface area contributed by atoms with Crippen LogP contribution in [0.3, 0.4) is 0 Å². The Bertz CT molecular complexity index is 445. The van der Waals surface area contributed by atoms with E-state index < -0.39 is 6.36 Å². The Balaban J connectivity index is 2.76. The minimum absolute atomic E-state index is 0.317. The molecule has 0 saturated heterocycles. The van der Waals surface area contributed by atoms with E-state index in [1.165, 1.54) is 12.1 Å². The van der Waals surface area contributed by atoms with Crippen LogP contribution in [0.4, 0.5) is 18.9 Å². The molecule has 0 radical (unpaired) electrons. The molecule has 0 heterocycles. The van der Waals surface area contributed by atoms with Gasteiger partial charge in [0.2, 0.25) is 0 Å². The summed E-state index contributed by atoms with van der Waals surface area (Å²) in [6.45, 7) is 1.56. The van der Waals surface area contributed by atoms with E-state index in [4.69, 9.17) is 5.26 Å². The van der Waals surface area contributed by atoms with Gasteiger partial charge in [-0.2, -0.15) is 5.26 Å². The molecule has 4 nitrogen and oxygen atoms in total. The van der Waals surface area contributed by atoms with Crippen molar-refractivity contribution in [2.75, 3.05) is 0 Å². The van der Waals surface area contributed by atoms with Gasteiger partial charge in [0.15, 0.2) is 6.19 Å². The fourth-order valence-corrected chi connectivity index (χ4v) is 1.02. The lowest BCUT2D eigenvalue weighted by molar-refractivity contribution is -0.274. The number of ether oxygens (including phenoxy) is 1. The van der Waals surface area contributed by atoms with Crippen LogP contribution in [0.5, 0.6) is 5.75 Å². The van der Waals surface area contributed by atoms with Crippen LogP contribution in [0.15, 0.2) is 29.3 Å². The summed E-state index contributed by atoms with van der Waals surface area (Å²) in [7, 11) is 0. The molecule has 1 aromatic rings. The number of rotatable bonds is 2. The molecule has 0 aliphatic carbocycles. The summed E-state index contributed by atoms with van der Waals surface area (Å²) >= 11 is 0. The predicted octanol–water partition coefficient (Wildman–Crippen LogP) is 2.71. The van der Waals surface area contributed by atoms with Crippen LogP contribution < -0.4 is 10.1 Å². The summed E-state index contributed by atoms with van der Waals surface area (Å²) in [5.74, 6) is 0.0272. The summed E-state index contributed by atoms with van der Waals surface area (Å²) in [6, 6.07) is 4.99. The number of benzene rings is 1. The lowest BCUT2D eigenvalue weighted by atomic mass is 10.3. The normalized spacial score (nSPS) is 11.8. The third-order valence-electron chi connectivity index (χ3n) is 1.60. The molecule has 1 rings (SSSR count). The van der Waals surface area contributed by atoms with Crippen molar-refractivity contribution in [3.63, 3.8) is 0 Å². The Morgan fingerprint density at radius 1 is 1.35 bits per heavy atom. The topological polar surface area (TPSA) is 57.4 Å². The van der Waals surface area contributed by atoms with E-state index in [0.29, 0.717) is 11.5 Å². The molecular formula is C10H8F3N3O. The van der Waals surface area contributed by atoms with Crippen molar-refractivity contribution >= 4 is 11.5 Å². The molecule has 0 aromatic heterocycles. The third-order valence-corrected chi connectivity index (χ3v) is 1.60. The number of nitrogens with zero attached hydrogens (tertiary/aromatic N) is 2. The molecule has 0 spiro atoms. The van der Waals surface area contributed by atoms with Crippen LogP contribution >= 0.6 is 0 Å². The lowest BCUT2D eigenvalue weighted by Crippen LogP contribution is -2.16. The minimum Gasteiger partial charge on any atom is -0.406 e. The first-order valence-corrected chi connectivity index (χ1v) is 4.47. The zero-order valence-electron chi connectivity index (χ0n) is 8.75. The van der Waals surface area contributed by atoms with E-state index in [0.717, 1.165) is 12.1 Å². The second-order valence-electron chi connectivity index (χ2n) is 2.98. The zero-order valence-corrected chi connectivity index (χ0v) is 8.75. The molecule has 0 aliphatic rings. The Labute approximate surface area is 95.3 Å². The van der Waals surface area contributed by atoms with Gasteiger partial charge in [-0.05, 0) is 31.2 Å². The standard InChI is InChI=1S/C10H8F3N3O/c1-7(15-6-14)16-8-2-4-9(5-3-8)17-10(11,12)13/h2-5H,1H3,(H,15,16). The van der Waals surface area contributed by atoms with Crippen molar-refractivity contribution in [1.29, 1.82) is 5.26 Å². The molecule has 0 atom stereocenters. The Kier molecular flexibility index (Phi) is 3.93. The van der Waals surface area contributed by atoms with E-state index in [2.05, 4.69) is 15.0 Å². The van der Waals surface area contributed by atoms with Gasteiger partial charge in [-0.1, -0.05) is 0 Å². The summed E-state index contributed by atoms with van der Waals surface area (Å²) in [5.41, 5.74) is 0.416. The van der Waals surface area contributed by atoms with Crippen LogP contribution in [-0.2, 0) is 0 Å². The zero-order chi connectivity index (χ0) is 12.9. The van der Waals surface area contributed by atoms with Crippen LogP contribution in [0.2, 0.25) is 0 Å². The largest absolute Gasteiger partial charge is 0.573 e. The quantitative estimate of drug-likeness (QED) is 0.376. The maximum atomic E-state index is 11.9. The highest BCUT2D eigenvalue weighted by molar-refractivity contribution is 5.83. The summed E-state index contributed by atoms with van der Waals surface area (Å²) in [5, 5.41) is 10.6. The van der Waals surface area contributed by atoms with Gasteiger partial charge in [-0.15, -0.1) is 13.2 Å². The van der Waals surface area contributed by atoms with Gasteiger partial charge in [-0.3, -0.25) is 5.32 Å². The molecule has 0 saturated carbocycles. The van der Waals surface area contributed by atoms with Crippen molar-refractivity contribution in [2.24, 2.45) is 4.99 Å². The average Bonchev–Trinajstić information content (AvgIpc) is 2.19. The van der Waals surface area contributed by atoms with Gasteiger partial charge in [-0.25, -0.2) is 4.99 Å². The van der Waals surface area contributed by atoms with E-state index >= 15 is 0 Å². The van der Waals surface area contributed by atoms with Crippen LogP contribution in [0.25, 0.3) is 0 Å². The summed E-state index contributed by atoms with van der Waals surface area (Å²) < 4.78 is 39.3. The van der Waals surface area contributed by atoms with E-state index in [1.54, 1.807) is 13.1 Å². The van der Waals surface area contributed by atoms with Gasteiger partial charge in [0.1, 0.15) is 11.6 Å². The van der Waals surface area contributed by atoms with Crippen LogP contribution in [-0.4, -0.2) is 12.2 Å². The fourth-order valence-electron chi connectivity index (χ4n) is 1.02. The molecule has 0 unspecified atom stereocenters. The van der Waals surface area contributed by atoms with Crippen molar-refractivity contribution in [3.8, 4) is 11.9 Å². The number of hydrogen-bond acceptors (Lipinski definition) is 3. The molecule has 1 aromatic carbocycles. The van der Waals surface area contributed by atoms with E-state index in [9.17, 15) is 13.2 Å². The SMILES string of the molecule is CC(=Nc1ccc(OC(F)(F)F)cc1)NC#N. The van der Waals surface area contributed by atoms with E-state index in [1.807, 2.05) is 0 Å². The van der Waals surface area contributed by atoms with Gasteiger partial charge in [0.05, 0.1) is 5.69 Å². The second kappa shape index (κ2) is 5.21. The number of nitriles is 1. The van der Waals surface area contributed by atoms with Crippen LogP contribution in [0, 0.1) is 11.5 Å². The fraction of sp³-hybridized carbons (Fsp3) is 0.200. The molecule has 7 heteroatoms. The highest BCUT2D eigenvalue weighted by Gasteiger charge is 2.30. The van der Waals surface area contributed by atoms with E-state index in [-0.39, 0.29) is 5.75 Å². The smallest absolute Gasteiger partial charge is 0.406 e. The van der Waals surface area contributed by atoms with Crippen LogP contribution in [0.1, 0.15) is 6.92 Å². The Morgan fingerprint density at radius 3 is 2.41 bits per heavy atom. The first-order valence-electron chi connectivity index (χ1n) is 4.47. The highest BCUT2D eigenvalue weighted by Crippen LogP contribution is 2.24. The number of nitrogens with one attached hydrogen (secondary N) is 1. The predicted molar refractivity (Wildman–Crippen MR) is 54.6 cm³/mol. The summed E-state index contributed by atoms with van der Waals surface area (Å²) in [4.78, 5) is 3.93. The molecule has 1 N–H and O–H groups in total. The number of hydrogen-bond donors (Lipinski definition) is 1. The highest BCUT2D eigenvalue weighted by atomic mass is 19.4. The number of amidine groups is 1. The molecule has 17 heavy (non-hydrogen) atoms. The van der Waals surface area contributed by atoms with Gasteiger partial charge >= 0.3 is 6.36 Å². The molecule has 0 aliphatic heterocycles. The molecule has 0 fully saturated rings. The Hall–Kier alpha value is -2.23. The first-order chi connectivity index (χ1) is 7.90. The number of halogens is 3. The van der Waals surface area contributed by atoms with Gasteiger partial charge < -0.3 is 4.74 Å². The first kappa shape index (κ1) is 12.8. The van der Waals surface area contributed by atoms with Crippen molar-refractivity contribution in [1.82, 2.24) is 5.32 Å². The average molecular weight is 243 g/mol. The van der Waals surface area contributed by atoms with Crippen molar-refractivity contribution in [2.45, 2.75) is 13.3 Å². The Morgan fingerprint density at radius 2 is 1.94 bits per heavy atom. The molecule has 0 amide bonds. The van der Waals surface area contributed by atoms with Crippen molar-refractivity contribution in [3.05, 3.63) is 24.3 Å². The minimum atomic E-state index is -4.71. The maximum absolute atomic E-state index is 11.9. The molecular weight excluding hydrogens is 235 g/mol. The van der Waals surface area contributed by atoms with Gasteiger partial charge in [0.25, 0.3) is 0 Å². The summed E-state index contributed by atoms with van der Waals surface area (Å²) in [6.07, 6.45) is -3.03. The third kappa shape index (κ3) is 4.88.